The van der Waals surface area contributed by atoms with E-state index >= 15 is 0 Å². The standard InChI is InChI=1S/C18H26N2O/c1-13-5-7-15-11-14(6-8-16(15)20-13)12-19-17(9-10-21)18(2,3)4/h5-8,11,17,19,21H,9-10,12H2,1-4H3. The lowest BCUT2D eigenvalue weighted by Gasteiger charge is -2.31. The molecule has 1 unspecified atom stereocenters. The predicted octanol–water partition coefficient (Wildman–Crippen LogP) is 3.43. The van der Waals surface area contributed by atoms with E-state index in [0.717, 1.165) is 24.2 Å². The largest absolute Gasteiger partial charge is 0.396 e. The topological polar surface area (TPSA) is 45.1 Å². The molecular formula is C18H26N2O. The molecular weight excluding hydrogens is 260 g/mol. The summed E-state index contributed by atoms with van der Waals surface area (Å²) in [4.78, 5) is 4.53. The van der Waals surface area contributed by atoms with Gasteiger partial charge in [0.2, 0.25) is 0 Å². The fraction of sp³-hybridized carbons (Fsp3) is 0.500. The van der Waals surface area contributed by atoms with Crippen molar-refractivity contribution in [2.24, 2.45) is 5.41 Å². The molecule has 114 valence electrons. The van der Waals surface area contributed by atoms with E-state index in [9.17, 15) is 5.11 Å². The van der Waals surface area contributed by atoms with Crippen molar-refractivity contribution in [3.05, 3.63) is 41.6 Å². The first kappa shape index (κ1) is 15.9. The molecule has 3 heteroatoms. The highest BCUT2D eigenvalue weighted by atomic mass is 16.3. The summed E-state index contributed by atoms with van der Waals surface area (Å²) in [6, 6.07) is 10.9. The summed E-state index contributed by atoms with van der Waals surface area (Å²) >= 11 is 0. The van der Waals surface area contributed by atoms with Crippen molar-refractivity contribution in [1.29, 1.82) is 0 Å². The maximum Gasteiger partial charge on any atom is 0.0705 e. The number of aryl methyl sites for hydroxylation is 1. The number of nitrogens with one attached hydrogen (secondary N) is 1. The number of fused-ring (bicyclic) bond motifs is 1. The average Bonchev–Trinajstić information content (AvgIpc) is 2.42. The van der Waals surface area contributed by atoms with Gasteiger partial charge in [-0.05, 0) is 42.5 Å². The summed E-state index contributed by atoms with van der Waals surface area (Å²) in [5.74, 6) is 0. The third-order valence-corrected chi connectivity index (χ3v) is 3.91. The van der Waals surface area contributed by atoms with Crippen molar-refractivity contribution in [1.82, 2.24) is 10.3 Å². The summed E-state index contributed by atoms with van der Waals surface area (Å²) in [6.45, 7) is 9.65. The number of aliphatic hydroxyl groups is 1. The van der Waals surface area contributed by atoms with Crippen molar-refractivity contribution < 1.29 is 5.11 Å². The molecule has 0 aliphatic carbocycles. The van der Waals surface area contributed by atoms with Gasteiger partial charge in [-0.1, -0.05) is 32.9 Å². The van der Waals surface area contributed by atoms with E-state index in [1.54, 1.807) is 0 Å². The van der Waals surface area contributed by atoms with Gasteiger partial charge in [-0.15, -0.1) is 0 Å². The summed E-state index contributed by atoms with van der Waals surface area (Å²) < 4.78 is 0. The zero-order chi connectivity index (χ0) is 15.5. The van der Waals surface area contributed by atoms with Crippen LogP contribution in [0.5, 0.6) is 0 Å². The Morgan fingerprint density at radius 2 is 1.95 bits per heavy atom. The fourth-order valence-corrected chi connectivity index (χ4v) is 2.60. The molecule has 2 rings (SSSR count). The lowest BCUT2D eigenvalue weighted by molar-refractivity contribution is 0.196. The van der Waals surface area contributed by atoms with Crippen molar-refractivity contribution in [2.75, 3.05) is 6.61 Å². The molecule has 0 aliphatic rings. The van der Waals surface area contributed by atoms with Gasteiger partial charge in [-0.25, -0.2) is 0 Å². The minimum absolute atomic E-state index is 0.137. The molecule has 2 aromatic rings. The molecule has 0 saturated heterocycles. The van der Waals surface area contributed by atoms with E-state index in [2.05, 4.69) is 55.3 Å². The van der Waals surface area contributed by atoms with E-state index in [0.29, 0.717) is 6.04 Å². The second kappa shape index (κ2) is 6.54. The van der Waals surface area contributed by atoms with Gasteiger partial charge in [-0.3, -0.25) is 4.98 Å². The lowest BCUT2D eigenvalue weighted by Crippen LogP contribution is -2.40. The number of pyridine rings is 1. The van der Waals surface area contributed by atoms with Crippen LogP contribution in [0.1, 0.15) is 38.4 Å². The first-order valence-electron chi connectivity index (χ1n) is 7.60. The molecule has 1 heterocycles. The van der Waals surface area contributed by atoms with E-state index in [4.69, 9.17) is 0 Å². The summed E-state index contributed by atoms with van der Waals surface area (Å²) in [5.41, 5.74) is 3.48. The third-order valence-electron chi connectivity index (χ3n) is 3.91. The molecule has 1 atom stereocenters. The Kier molecular flexibility index (Phi) is 4.96. The SMILES string of the molecule is Cc1ccc2cc(CNC(CCO)C(C)(C)C)ccc2n1. The number of benzene rings is 1. The van der Waals surface area contributed by atoms with E-state index in [1.807, 2.05) is 13.0 Å². The molecule has 0 amide bonds. The molecule has 0 aliphatic heterocycles. The molecule has 3 nitrogen and oxygen atoms in total. The van der Waals surface area contributed by atoms with Crippen LogP contribution in [0.4, 0.5) is 0 Å². The number of aromatic nitrogens is 1. The second-order valence-corrected chi connectivity index (χ2v) is 6.79. The van der Waals surface area contributed by atoms with Gasteiger partial charge in [0.05, 0.1) is 5.52 Å². The summed E-state index contributed by atoms with van der Waals surface area (Å²) in [5, 5.41) is 14.0. The first-order valence-corrected chi connectivity index (χ1v) is 7.60. The van der Waals surface area contributed by atoms with Crippen LogP contribution in [-0.2, 0) is 6.54 Å². The van der Waals surface area contributed by atoms with Crippen molar-refractivity contribution in [3.8, 4) is 0 Å². The zero-order valence-corrected chi connectivity index (χ0v) is 13.5. The molecule has 1 aromatic heterocycles. The minimum atomic E-state index is 0.137. The van der Waals surface area contributed by atoms with Gasteiger partial charge in [0.15, 0.2) is 0 Å². The molecule has 21 heavy (non-hydrogen) atoms. The molecule has 0 saturated carbocycles. The number of hydrogen-bond donors (Lipinski definition) is 2. The van der Waals surface area contributed by atoms with Crippen LogP contribution in [0.2, 0.25) is 0 Å². The van der Waals surface area contributed by atoms with Crippen molar-refractivity contribution in [3.63, 3.8) is 0 Å². The minimum Gasteiger partial charge on any atom is -0.396 e. The highest BCUT2D eigenvalue weighted by molar-refractivity contribution is 5.79. The number of nitrogens with zero attached hydrogens (tertiary/aromatic N) is 1. The van der Waals surface area contributed by atoms with Crippen LogP contribution >= 0.6 is 0 Å². The number of hydrogen-bond acceptors (Lipinski definition) is 3. The summed E-state index contributed by atoms with van der Waals surface area (Å²) in [6.07, 6.45) is 0.776. The number of rotatable bonds is 5. The molecule has 2 N–H and O–H groups in total. The van der Waals surface area contributed by atoms with Crippen LogP contribution < -0.4 is 5.32 Å². The van der Waals surface area contributed by atoms with Gasteiger partial charge in [0.25, 0.3) is 0 Å². The number of aliphatic hydroxyl groups excluding tert-OH is 1. The third kappa shape index (κ3) is 4.26. The normalized spacial score (nSPS) is 13.6. The van der Waals surface area contributed by atoms with Crippen LogP contribution in [0.15, 0.2) is 30.3 Å². The van der Waals surface area contributed by atoms with E-state index in [-0.39, 0.29) is 12.0 Å². The van der Waals surface area contributed by atoms with Crippen LogP contribution in [0.25, 0.3) is 10.9 Å². The van der Waals surface area contributed by atoms with Gasteiger partial charge in [-0.2, -0.15) is 0 Å². The van der Waals surface area contributed by atoms with E-state index in [1.165, 1.54) is 10.9 Å². The van der Waals surface area contributed by atoms with Crippen molar-refractivity contribution >= 4 is 10.9 Å². The quantitative estimate of drug-likeness (QED) is 0.885. The Bertz CT molecular complexity index is 602. The summed E-state index contributed by atoms with van der Waals surface area (Å²) in [7, 11) is 0. The van der Waals surface area contributed by atoms with Crippen molar-refractivity contribution in [2.45, 2.75) is 46.7 Å². The zero-order valence-electron chi connectivity index (χ0n) is 13.5. The lowest BCUT2D eigenvalue weighted by atomic mass is 9.85. The van der Waals surface area contributed by atoms with Gasteiger partial charge in [0.1, 0.15) is 0 Å². The van der Waals surface area contributed by atoms with Crippen LogP contribution in [-0.4, -0.2) is 22.7 Å². The predicted molar refractivity (Wildman–Crippen MR) is 88.3 cm³/mol. The van der Waals surface area contributed by atoms with Gasteiger partial charge >= 0.3 is 0 Å². The Balaban J connectivity index is 2.10. The molecule has 0 fully saturated rings. The molecule has 0 radical (unpaired) electrons. The Morgan fingerprint density at radius 3 is 2.62 bits per heavy atom. The first-order chi connectivity index (χ1) is 9.90. The van der Waals surface area contributed by atoms with Gasteiger partial charge in [0, 0.05) is 30.3 Å². The Hall–Kier alpha value is -1.45. The average molecular weight is 286 g/mol. The fourth-order valence-electron chi connectivity index (χ4n) is 2.60. The molecule has 0 bridgehead atoms. The highest BCUT2D eigenvalue weighted by Gasteiger charge is 2.23. The molecule has 1 aromatic carbocycles. The molecule has 0 spiro atoms. The Morgan fingerprint density at radius 1 is 1.19 bits per heavy atom. The second-order valence-electron chi connectivity index (χ2n) is 6.79. The Labute approximate surface area is 127 Å². The van der Waals surface area contributed by atoms with E-state index < -0.39 is 0 Å². The maximum atomic E-state index is 9.22. The van der Waals surface area contributed by atoms with Gasteiger partial charge < -0.3 is 10.4 Å². The monoisotopic (exact) mass is 286 g/mol. The van der Waals surface area contributed by atoms with Crippen LogP contribution in [0, 0.1) is 12.3 Å². The van der Waals surface area contributed by atoms with Crippen LogP contribution in [0.3, 0.4) is 0 Å². The highest BCUT2D eigenvalue weighted by Crippen LogP contribution is 2.22. The maximum absolute atomic E-state index is 9.22. The smallest absolute Gasteiger partial charge is 0.0705 e.